The van der Waals surface area contributed by atoms with Gasteiger partial charge < -0.3 is 0 Å². The lowest BCUT2D eigenvalue weighted by Gasteiger charge is -2.44. The van der Waals surface area contributed by atoms with E-state index in [4.69, 9.17) is 0 Å². The minimum atomic E-state index is -1.36. The zero-order valence-electron chi connectivity index (χ0n) is 11.3. The van der Waals surface area contributed by atoms with E-state index in [1.165, 1.54) is 0 Å². The van der Waals surface area contributed by atoms with E-state index in [-0.39, 0.29) is 18.4 Å². The molecule has 1 N–H and O–H groups in total. The molecule has 0 heterocycles. The smallest absolute Gasteiger partial charge is 0.162 e. The number of nitrogens with one attached hydrogen (secondary N) is 1. The molecule has 2 atom stereocenters. The topological polar surface area (TPSA) is 110 Å². The molecule has 0 spiro atoms. The fourth-order valence-electron chi connectivity index (χ4n) is 2.55. The van der Waals surface area contributed by atoms with E-state index in [0.717, 1.165) is 0 Å². The van der Waals surface area contributed by atoms with Crippen LogP contribution in [0.1, 0.15) is 19.8 Å². The van der Waals surface area contributed by atoms with Crippen LogP contribution in [-0.4, -0.2) is 25.1 Å². The van der Waals surface area contributed by atoms with Crippen LogP contribution in [0.3, 0.4) is 0 Å². The van der Waals surface area contributed by atoms with Crippen molar-refractivity contribution in [3.05, 3.63) is 0 Å². The highest BCUT2D eigenvalue weighted by molar-refractivity contribution is 5.30. The molecule has 6 heteroatoms. The highest BCUT2D eigenvalue weighted by Gasteiger charge is 2.56. The van der Waals surface area contributed by atoms with Gasteiger partial charge in [-0.05, 0) is 12.3 Å². The average molecular weight is 256 g/mol. The van der Waals surface area contributed by atoms with Gasteiger partial charge in [-0.2, -0.15) is 21.0 Å². The molecule has 1 aliphatic carbocycles. The summed E-state index contributed by atoms with van der Waals surface area (Å²) in [5.74, 6) is -0.199. The second-order valence-electron chi connectivity index (χ2n) is 5.28. The Morgan fingerprint density at radius 2 is 1.47 bits per heavy atom. The second-order valence-corrected chi connectivity index (χ2v) is 5.28. The molecule has 0 unspecified atom stereocenters. The molecule has 19 heavy (non-hydrogen) atoms. The van der Waals surface area contributed by atoms with Crippen LogP contribution in [-0.2, 0) is 0 Å². The molecule has 0 aliphatic heterocycles. The van der Waals surface area contributed by atoms with E-state index in [2.05, 4.69) is 5.43 Å². The first-order chi connectivity index (χ1) is 8.89. The van der Waals surface area contributed by atoms with Gasteiger partial charge in [0.25, 0.3) is 0 Å². The first-order valence-electron chi connectivity index (χ1n) is 5.98. The van der Waals surface area contributed by atoms with E-state index in [1.54, 1.807) is 19.1 Å². The fourth-order valence-corrected chi connectivity index (χ4v) is 2.55. The SMILES string of the molecule is C[C@@H]1C[C@@H](NN(C)C)C(C#N)(C#N)CC1(C#N)C#N. The van der Waals surface area contributed by atoms with E-state index in [1.807, 2.05) is 31.2 Å². The van der Waals surface area contributed by atoms with Crippen molar-refractivity contribution >= 4 is 0 Å². The normalized spacial score (nSPS) is 27.6. The standard InChI is InChI=1S/C13H16N6/c1-10-4-11(18-19(2)3)13(8-16,9-17)5-12(10,6-14)7-15/h10-11,18H,4-5H2,1-3H3/t10-,11-/m1/s1. The first-order valence-corrected chi connectivity index (χ1v) is 5.98. The Morgan fingerprint density at radius 1 is 1.00 bits per heavy atom. The van der Waals surface area contributed by atoms with Crippen molar-refractivity contribution in [3.8, 4) is 24.3 Å². The summed E-state index contributed by atoms with van der Waals surface area (Å²) in [5.41, 5.74) is 0.434. The highest BCUT2D eigenvalue weighted by Crippen LogP contribution is 2.48. The lowest BCUT2D eigenvalue weighted by molar-refractivity contribution is 0.0769. The highest BCUT2D eigenvalue weighted by atomic mass is 15.5. The van der Waals surface area contributed by atoms with Gasteiger partial charge in [-0.25, -0.2) is 5.43 Å². The van der Waals surface area contributed by atoms with Crippen LogP contribution < -0.4 is 5.43 Å². The Bertz CT molecular complexity index is 481. The van der Waals surface area contributed by atoms with Gasteiger partial charge >= 0.3 is 0 Å². The number of rotatable bonds is 2. The maximum absolute atomic E-state index is 9.38. The molecule has 0 aromatic rings. The molecule has 0 radical (unpaired) electrons. The van der Waals surface area contributed by atoms with Gasteiger partial charge in [0.15, 0.2) is 5.41 Å². The number of nitriles is 4. The number of hydrogen-bond donors (Lipinski definition) is 1. The third-order valence-corrected chi connectivity index (χ3v) is 3.80. The predicted molar refractivity (Wildman–Crippen MR) is 66.3 cm³/mol. The average Bonchev–Trinajstić information content (AvgIpc) is 2.40. The molecular formula is C13H16N6. The zero-order valence-corrected chi connectivity index (χ0v) is 11.3. The van der Waals surface area contributed by atoms with Crippen molar-refractivity contribution in [2.75, 3.05) is 14.1 Å². The van der Waals surface area contributed by atoms with Crippen molar-refractivity contribution in [3.63, 3.8) is 0 Å². The van der Waals surface area contributed by atoms with Crippen molar-refractivity contribution in [2.24, 2.45) is 16.7 Å². The molecule has 0 amide bonds. The van der Waals surface area contributed by atoms with Crippen LogP contribution in [0, 0.1) is 62.1 Å². The molecule has 0 aromatic carbocycles. The number of hydrazine groups is 1. The van der Waals surface area contributed by atoms with Crippen molar-refractivity contribution in [1.82, 2.24) is 10.4 Å². The maximum Gasteiger partial charge on any atom is 0.162 e. The van der Waals surface area contributed by atoms with Crippen LogP contribution in [0.25, 0.3) is 0 Å². The van der Waals surface area contributed by atoms with E-state index in [0.29, 0.717) is 6.42 Å². The summed E-state index contributed by atoms with van der Waals surface area (Å²) in [6.07, 6.45) is 0.382. The predicted octanol–water partition coefficient (Wildman–Crippen LogP) is 0.918. The van der Waals surface area contributed by atoms with Crippen molar-refractivity contribution in [2.45, 2.75) is 25.8 Å². The van der Waals surface area contributed by atoms with Gasteiger partial charge in [0, 0.05) is 20.5 Å². The molecule has 1 fully saturated rings. The van der Waals surface area contributed by atoms with Gasteiger partial charge in [0.1, 0.15) is 5.41 Å². The van der Waals surface area contributed by atoms with Crippen LogP contribution in [0.4, 0.5) is 0 Å². The molecule has 0 aromatic heterocycles. The first kappa shape index (κ1) is 14.9. The Hall–Kier alpha value is -2.12. The quantitative estimate of drug-likeness (QED) is 0.735. The third kappa shape index (κ3) is 2.38. The second kappa shape index (κ2) is 5.25. The summed E-state index contributed by atoms with van der Waals surface area (Å²) in [7, 11) is 3.56. The zero-order chi connectivity index (χ0) is 14.7. The molecule has 1 saturated carbocycles. The van der Waals surface area contributed by atoms with E-state index < -0.39 is 10.8 Å². The Morgan fingerprint density at radius 3 is 1.84 bits per heavy atom. The van der Waals surface area contributed by atoms with E-state index in [9.17, 15) is 21.0 Å². The molecule has 98 valence electrons. The van der Waals surface area contributed by atoms with Gasteiger partial charge in [-0.1, -0.05) is 6.92 Å². The van der Waals surface area contributed by atoms with Gasteiger partial charge in [-0.15, -0.1) is 0 Å². The summed E-state index contributed by atoms with van der Waals surface area (Å²) < 4.78 is 0. The molecule has 1 aliphatic rings. The van der Waals surface area contributed by atoms with Crippen molar-refractivity contribution < 1.29 is 0 Å². The number of hydrogen-bond acceptors (Lipinski definition) is 6. The maximum atomic E-state index is 9.38. The molecule has 6 nitrogen and oxygen atoms in total. The Labute approximate surface area is 113 Å². The van der Waals surface area contributed by atoms with Crippen LogP contribution in [0.15, 0.2) is 0 Å². The Balaban J connectivity index is 3.24. The minimum absolute atomic E-state index is 0.0489. The van der Waals surface area contributed by atoms with Crippen LogP contribution >= 0.6 is 0 Å². The van der Waals surface area contributed by atoms with Crippen LogP contribution in [0.5, 0.6) is 0 Å². The molecule has 1 rings (SSSR count). The summed E-state index contributed by atoms with van der Waals surface area (Å²) in [4.78, 5) is 0. The minimum Gasteiger partial charge on any atom is -0.250 e. The monoisotopic (exact) mass is 256 g/mol. The van der Waals surface area contributed by atoms with E-state index >= 15 is 0 Å². The largest absolute Gasteiger partial charge is 0.250 e. The van der Waals surface area contributed by atoms with Crippen molar-refractivity contribution in [1.29, 1.82) is 21.0 Å². The molecule has 0 bridgehead atoms. The van der Waals surface area contributed by atoms with Crippen LogP contribution in [0.2, 0.25) is 0 Å². The fraction of sp³-hybridized carbons (Fsp3) is 0.692. The summed E-state index contributed by atoms with van der Waals surface area (Å²) in [6, 6.07) is 7.66. The summed E-state index contributed by atoms with van der Waals surface area (Å²) in [6.45, 7) is 1.81. The summed E-state index contributed by atoms with van der Waals surface area (Å²) in [5, 5.41) is 39.0. The number of nitrogens with zero attached hydrogens (tertiary/aromatic N) is 5. The lowest BCUT2D eigenvalue weighted by Crippen LogP contribution is -2.56. The molecule has 0 saturated heterocycles. The van der Waals surface area contributed by atoms with Gasteiger partial charge in [0.2, 0.25) is 0 Å². The Kier molecular flexibility index (Phi) is 4.13. The summed E-state index contributed by atoms with van der Waals surface area (Å²) >= 11 is 0. The third-order valence-electron chi connectivity index (χ3n) is 3.80. The lowest BCUT2D eigenvalue weighted by atomic mass is 9.57. The van der Waals surface area contributed by atoms with Gasteiger partial charge in [-0.3, -0.25) is 5.01 Å². The molecular weight excluding hydrogens is 240 g/mol. The van der Waals surface area contributed by atoms with Gasteiger partial charge in [0.05, 0.1) is 30.3 Å².